The number of carbonyl (C=O) groups excluding carboxylic acids is 1. The van der Waals surface area contributed by atoms with Gasteiger partial charge in [-0.1, -0.05) is 11.6 Å². The van der Waals surface area contributed by atoms with Crippen molar-refractivity contribution in [3.05, 3.63) is 53.1 Å². The van der Waals surface area contributed by atoms with Crippen LogP contribution in [0.5, 0.6) is 5.75 Å². The minimum Gasteiger partial charge on any atom is -0.496 e. The van der Waals surface area contributed by atoms with Gasteiger partial charge in [0.1, 0.15) is 5.75 Å². The summed E-state index contributed by atoms with van der Waals surface area (Å²) >= 11 is 5.99. The molecule has 2 aromatic carbocycles. The van der Waals surface area contributed by atoms with E-state index in [0.717, 1.165) is 0 Å². The second kappa shape index (κ2) is 7.86. The Labute approximate surface area is 152 Å². The second-order valence-electron chi connectivity index (χ2n) is 5.42. The molecule has 2 aromatic rings. The fraction of sp³-hybridized carbons (Fsp3) is 0.235. The van der Waals surface area contributed by atoms with Crippen molar-refractivity contribution in [1.82, 2.24) is 4.31 Å². The minimum atomic E-state index is -3.70. The van der Waals surface area contributed by atoms with E-state index >= 15 is 0 Å². The number of sulfonamides is 1. The van der Waals surface area contributed by atoms with Gasteiger partial charge in [-0.25, -0.2) is 8.42 Å². The van der Waals surface area contributed by atoms with Crippen molar-refractivity contribution in [2.75, 3.05) is 19.5 Å². The standard InChI is InChI=1S/C17H19ClN2O4S/c1-12(21)19-15-5-7-16(8-6-15)25(22,23)20(2)11-13-10-14(18)4-9-17(13)24-3/h4-10H,11H2,1-3H3,(H,19,21). The van der Waals surface area contributed by atoms with E-state index in [9.17, 15) is 13.2 Å². The van der Waals surface area contributed by atoms with Gasteiger partial charge in [-0.2, -0.15) is 4.31 Å². The quantitative estimate of drug-likeness (QED) is 0.832. The third-order valence-electron chi connectivity index (χ3n) is 3.52. The summed E-state index contributed by atoms with van der Waals surface area (Å²) in [7, 11) is -0.699. The first kappa shape index (κ1) is 19.2. The van der Waals surface area contributed by atoms with Gasteiger partial charge >= 0.3 is 0 Å². The zero-order chi connectivity index (χ0) is 18.6. The number of hydrogen-bond acceptors (Lipinski definition) is 4. The van der Waals surface area contributed by atoms with Crippen LogP contribution in [-0.2, 0) is 21.4 Å². The molecule has 0 fully saturated rings. The highest BCUT2D eigenvalue weighted by atomic mass is 35.5. The van der Waals surface area contributed by atoms with E-state index in [-0.39, 0.29) is 17.3 Å². The Morgan fingerprint density at radius 3 is 2.40 bits per heavy atom. The summed E-state index contributed by atoms with van der Waals surface area (Å²) in [6, 6.07) is 11.0. The fourth-order valence-corrected chi connectivity index (χ4v) is 3.63. The van der Waals surface area contributed by atoms with Crippen molar-refractivity contribution < 1.29 is 17.9 Å². The van der Waals surface area contributed by atoms with Crippen LogP contribution in [0, 0.1) is 0 Å². The number of benzene rings is 2. The molecule has 6 nitrogen and oxygen atoms in total. The first-order chi connectivity index (χ1) is 11.7. The number of anilines is 1. The van der Waals surface area contributed by atoms with E-state index in [1.807, 2.05) is 0 Å². The lowest BCUT2D eigenvalue weighted by molar-refractivity contribution is -0.114. The van der Waals surface area contributed by atoms with E-state index in [4.69, 9.17) is 16.3 Å². The Balaban J connectivity index is 2.24. The van der Waals surface area contributed by atoms with Crippen molar-refractivity contribution in [1.29, 1.82) is 0 Å². The summed E-state index contributed by atoms with van der Waals surface area (Å²) in [5, 5.41) is 3.10. The highest BCUT2D eigenvalue weighted by Gasteiger charge is 2.22. The summed E-state index contributed by atoms with van der Waals surface area (Å²) in [5.41, 5.74) is 1.20. The lowest BCUT2D eigenvalue weighted by atomic mass is 10.2. The molecular weight excluding hydrogens is 364 g/mol. The molecule has 0 aromatic heterocycles. The van der Waals surface area contributed by atoms with Gasteiger partial charge in [-0.05, 0) is 42.5 Å². The maximum atomic E-state index is 12.7. The normalized spacial score (nSPS) is 11.4. The van der Waals surface area contributed by atoms with Gasteiger partial charge < -0.3 is 10.1 Å². The molecule has 0 bridgehead atoms. The predicted molar refractivity (Wildman–Crippen MR) is 97.4 cm³/mol. The zero-order valence-corrected chi connectivity index (χ0v) is 15.7. The third-order valence-corrected chi connectivity index (χ3v) is 5.57. The molecule has 1 N–H and O–H groups in total. The van der Waals surface area contributed by atoms with Crippen LogP contribution in [0.1, 0.15) is 12.5 Å². The molecule has 8 heteroatoms. The molecule has 0 atom stereocenters. The molecule has 0 saturated carbocycles. The number of hydrogen-bond donors (Lipinski definition) is 1. The number of amides is 1. The van der Waals surface area contributed by atoms with Crippen LogP contribution in [0.15, 0.2) is 47.4 Å². The van der Waals surface area contributed by atoms with Gasteiger partial charge in [0.15, 0.2) is 0 Å². The van der Waals surface area contributed by atoms with Gasteiger partial charge in [0.25, 0.3) is 0 Å². The summed E-state index contributed by atoms with van der Waals surface area (Å²) in [4.78, 5) is 11.2. The predicted octanol–water partition coefficient (Wildman–Crippen LogP) is 3.13. The molecule has 2 rings (SSSR count). The van der Waals surface area contributed by atoms with Crippen LogP contribution in [0.4, 0.5) is 5.69 Å². The molecule has 0 aliphatic rings. The Morgan fingerprint density at radius 1 is 1.20 bits per heavy atom. The number of rotatable bonds is 6. The van der Waals surface area contributed by atoms with E-state index in [1.54, 1.807) is 30.3 Å². The van der Waals surface area contributed by atoms with Crippen molar-refractivity contribution in [3.8, 4) is 5.75 Å². The molecule has 134 valence electrons. The Hall–Kier alpha value is -2.09. The van der Waals surface area contributed by atoms with Gasteiger partial charge in [0.2, 0.25) is 15.9 Å². The summed E-state index contributed by atoms with van der Waals surface area (Å²) < 4.78 is 31.9. The van der Waals surface area contributed by atoms with E-state index in [1.165, 1.54) is 37.5 Å². The van der Waals surface area contributed by atoms with Crippen LogP contribution in [0.3, 0.4) is 0 Å². The minimum absolute atomic E-state index is 0.111. The second-order valence-corrected chi connectivity index (χ2v) is 7.90. The van der Waals surface area contributed by atoms with Crippen LogP contribution in [0.2, 0.25) is 5.02 Å². The maximum absolute atomic E-state index is 12.7. The van der Waals surface area contributed by atoms with Gasteiger partial charge in [-0.3, -0.25) is 4.79 Å². The van der Waals surface area contributed by atoms with Crippen LogP contribution >= 0.6 is 11.6 Å². The summed E-state index contributed by atoms with van der Waals surface area (Å²) in [6.07, 6.45) is 0. The first-order valence-electron chi connectivity index (χ1n) is 7.40. The highest BCUT2D eigenvalue weighted by Crippen LogP contribution is 2.26. The van der Waals surface area contributed by atoms with Crippen LogP contribution in [-0.4, -0.2) is 32.8 Å². The monoisotopic (exact) mass is 382 g/mol. The first-order valence-corrected chi connectivity index (χ1v) is 9.22. The number of carbonyl (C=O) groups is 1. The average Bonchev–Trinajstić information content (AvgIpc) is 2.55. The largest absolute Gasteiger partial charge is 0.496 e. The van der Waals surface area contributed by atoms with Gasteiger partial charge in [0, 0.05) is 36.8 Å². The maximum Gasteiger partial charge on any atom is 0.243 e. The van der Waals surface area contributed by atoms with E-state index < -0.39 is 10.0 Å². The van der Waals surface area contributed by atoms with Gasteiger partial charge in [-0.15, -0.1) is 0 Å². The van der Waals surface area contributed by atoms with Crippen molar-refractivity contribution in [2.45, 2.75) is 18.4 Å². The Bertz CT molecular complexity index is 867. The van der Waals surface area contributed by atoms with Crippen molar-refractivity contribution in [2.24, 2.45) is 0 Å². The molecule has 0 aliphatic carbocycles. The van der Waals surface area contributed by atoms with Crippen LogP contribution in [0.25, 0.3) is 0 Å². The number of ether oxygens (including phenoxy) is 1. The smallest absolute Gasteiger partial charge is 0.243 e. The average molecular weight is 383 g/mol. The summed E-state index contributed by atoms with van der Waals surface area (Å²) in [5.74, 6) is 0.341. The molecule has 0 heterocycles. The topological polar surface area (TPSA) is 75.7 Å². The van der Waals surface area contributed by atoms with Gasteiger partial charge in [0.05, 0.1) is 12.0 Å². The van der Waals surface area contributed by atoms with Crippen molar-refractivity contribution >= 4 is 33.2 Å². The molecule has 25 heavy (non-hydrogen) atoms. The molecular formula is C17H19ClN2O4S. The number of methoxy groups -OCH3 is 1. The zero-order valence-electron chi connectivity index (χ0n) is 14.1. The fourth-order valence-electron chi connectivity index (χ4n) is 2.29. The molecule has 0 spiro atoms. The third kappa shape index (κ3) is 4.72. The van der Waals surface area contributed by atoms with E-state index in [2.05, 4.69) is 5.32 Å². The number of nitrogens with one attached hydrogen (secondary N) is 1. The number of nitrogens with zero attached hydrogens (tertiary/aromatic N) is 1. The Kier molecular flexibility index (Phi) is 6.05. The summed E-state index contributed by atoms with van der Waals surface area (Å²) in [6.45, 7) is 1.50. The molecule has 0 unspecified atom stereocenters. The molecule has 0 radical (unpaired) electrons. The SMILES string of the molecule is COc1ccc(Cl)cc1CN(C)S(=O)(=O)c1ccc(NC(C)=O)cc1. The van der Waals surface area contributed by atoms with Crippen LogP contribution < -0.4 is 10.1 Å². The lowest BCUT2D eigenvalue weighted by Gasteiger charge is -2.19. The number of halogens is 1. The molecule has 1 amide bonds. The van der Waals surface area contributed by atoms with E-state index in [0.29, 0.717) is 22.0 Å². The lowest BCUT2D eigenvalue weighted by Crippen LogP contribution is -2.26. The Morgan fingerprint density at radius 2 is 1.84 bits per heavy atom. The van der Waals surface area contributed by atoms with Crippen molar-refractivity contribution in [3.63, 3.8) is 0 Å². The molecule has 0 aliphatic heterocycles. The molecule has 0 saturated heterocycles. The highest BCUT2D eigenvalue weighted by molar-refractivity contribution is 7.89.